The van der Waals surface area contributed by atoms with Gasteiger partial charge in [-0.25, -0.2) is 9.37 Å². The van der Waals surface area contributed by atoms with Crippen LogP contribution in [-0.4, -0.2) is 38.9 Å². The number of rotatable bonds is 10. The first-order chi connectivity index (χ1) is 18.2. The Balaban J connectivity index is 1.61. The zero-order valence-electron chi connectivity index (χ0n) is 20.5. The minimum atomic E-state index is -1.07. The lowest BCUT2D eigenvalue weighted by Gasteiger charge is -2.22. The highest BCUT2D eigenvalue weighted by Gasteiger charge is 2.21. The lowest BCUT2D eigenvalue weighted by atomic mass is 10.1. The smallest absolute Gasteiger partial charge is 0.305 e. The molecule has 1 heterocycles. The summed E-state index contributed by atoms with van der Waals surface area (Å²) in [6, 6.07) is 16.1. The fourth-order valence-electron chi connectivity index (χ4n) is 4.11. The second kappa shape index (κ2) is 11.3. The second-order valence-electron chi connectivity index (χ2n) is 8.52. The van der Waals surface area contributed by atoms with Gasteiger partial charge < -0.3 is 25.6 Å². The van der Waals surface area contributed by atoms with Crippen molar-refractivity contribution >= 4 is 51.7 Å². The standard InChI is InChI=1S/C27H26ClFN6O3/c1-2-34-23-10-5-17(27(38)35(12-11-25(36)37)19-8-9-21(29)20(28)14-19)13-22(23)33-24(34)15-32-18-6-3-16(4-7-18)26(30)31/h3-10,13-14,32H,2,11-12,15H2,1H3,(H3,30,31)(H,36,37). The molecule has 0 fully saturated rings. The number of benzene rings is 3. The zero-order chi connectivity index (χ0) is 27.4. The van der Waals surface area contributed by atoms with Crippen molar-refractivity contribution in [1.82, 2.24) is 9.55 Å². The Hall–Kier alpha value is -4.44. The molecule has 1 amide bonds. The molecular weight excluding hydrogens is 511 g/mol. The molecule has 0 unspecified atom stereocenters. The van der Waals surface area contributed by atoms with Crippen LogP contribution in [0.3, 0.4) is 0 Å². The number of aromatic nitrogens is 2. The highest BCUT2D eigenvalue weighted by Crippen LogP contribution is 2.26. The third-order valence-electron chi connectivity index (χ3n) is 6.05. The first-order valence-corrected chi connectivity index (χ1v) is 12.2. The fourth-order valence-corrected chi connectivity index (χ4v) is 4.29. The van der Waals surface area contributed by atoms with Crippen LogP contribution in [0.2, 0.25) is 5.02 Å². The number of nitrogens with zero attached hydrogens (tertiary/aromatic N) is 3. The van der Waals surface area contributed by atoms with Gasteiger partial charge in [-0.3, -0.25) is 15.0 Å². The SMILES string of the molecule is CCn1c(CNc2ccc(C(=N)N)cc2)nc2cc(C(=O)N(CCC(=O)O)c3ccc(F)c(Cl)c3)ccc21. The average Bonchev–Trinajstić information content (AvgIpc) is 3.26. The van der Waals surface area contributed by atoms with E-state index in [9.17, 15) is 19.1 Å². The van der Waals surface area contributed by atoms with E-state index in [2.05, 4.69) is 5.32 Å². The average molecular weight is 537 g/mol. The van der Waals surface area contributed by atoms with Gasteiger partial charge in [0.25, 0.3) is 5.91 Å². The molecule has 4 aromatic rings. The van der Waals surface area contributed by atoms with Crippen LogP contribution in [0.15, 0.2) is 60.7 Å². The molecule has 0 aliphatic carbocycles. The van der Waals surface area contributed by atoms with Crippen LogP contribution in [0.4, 0.5) is 15.8 Å². The lowest BCUT2D eigenvalue weighted by Crippen LogP contribution is -2.33. The van der Waals surface area contributed by atoms with Crippen molar-refractivity contribution in [3.05, 3.63) is 88.5 Å². The molecule has 0 aliphatic rings. The summed E-state index contributed by atoms with van der Waals surface area (Å²) in [7, 11) is 0. The predicted molar refractivity (Wildman–Crippen MR) is 146 cm³/mol. The number of imidazole rings is 1. The molecule has 0 spiro atoms. The molecule has 0 atom stereocenters. The number of fused-ring (bicyclic) bond motifs is 1. The number of anilines is 2. The molecule has 0 saturated carbocycles. The molecule has 4 rings (SSSR count). The molecule has 9 nitrogen and oxygen atoms in total. The third kappa shape index (κ3) is 5.76. The van der Waals surface area contributed by atoms with E-state index >= 15 is 0 Å². The van der Waals surface area contributed by atoms with Gasteiger partial charge in [0.05, 0.1) is 29.0 Å². The van der Waals surface area contributed by atoms with Crippen molar-refractivity contribution in [1.29, 1.82) is 5.41 Å². The molecule has 3 aromatic carbocycles. The van der Waals surface area contributed by atoms with Crippen LogP contribution in [0.5, 0.6) is 0 Å². The summed E-state index contributed by atoms with van der Waals surface area (Å²) in [5.74, 6) is -1.40. The van der Waals surface area contributed by atoms with Gasteiger partial charge in [-0.2, -0.15) is 0 Å². The minimum absolute atomic E-state index is 0.00118. The van der Waals surface area contributed by atoms with E-state index < -0.39 is 17.7 Å². The molecular formula is C27H26ClFN6O3. The monoisotopic (exact) mass is 536 g/mol. The van der Waals surface area contributed by atoms with Crippen LogP contribution in [0.1, 0.15) is 35.1 Å². The van der Waals surface area contributed by atoms with E-state index in [0.717, 1.165) is 23.1 Å². The molecule has 38 heavy (non-hydrogen) atoms. The topological polar surface area (TPSA) is 137 Å². The summed E-state index contributed by atoms with van der Waals surface area (Å²) in [5.41, 5.74) is 9.04. The number of amides is 1. The third-order valence-corrected chi connectivity index (χ3v) is 6.34. The van der Waals surface area contributed by atoms with Gasteiger partial charge >= 0.3 is 5.97 Å². The number of nitrogens with two attached hydrogens (primary N) is 1. The number of hydrogen-bond donors (Lipinski definition) is 4. The number of carbonyl (C=O) groups excluding carboxylic acids is 1. The van der Waals surface area contributed by atoms with Gasteiger partial charge in [0.1, 0.15) is 17.5 Å². The first kappa shape index (κ1) is 26.6. The van der Waals surface area contributed by atoms with Crippen molar-refractivity contribution in [2.45, 2.75) is 26.4 Å². The summed E-state index contributed by atoms with van der Waals surface area (Å²) in [6.07, 6.45) is -0.295. The van der Waals surface area contributed by atoms with Gasteiger partial charge in [0, 0.05) is 35.6 Å². The van der Waals surface area contributed by atoms with Crippen molar-refractivity contribution < 1.29 is 19.1 Å². The van der Waals surface area contributed by atoms with Gasteiger partial charge in [-0.05, 0) is 67.6 Å². The Labute approximate surface area is 223 Å². The Bertz CT molecular complexity index is 1520. The van der Waals surface area contributed by atoms with E-state index in [1.165, 1.54) is 17.0 Å². The van der Waals surface area contributed by atoms with Crippen molar-refractivity contribution in [2.75, 3.05) is 16.8 Å². The molecule has 5 N–H and O–H groups in total. The number of aliphatic carboxylic acids is 1. The van der Waals surface area contributed by atoms with E-state index in [1.807, 2.05) is 23.6 Å². The van der Waals surface area contributed by atoms with E-state index in [1.54, 1.807) is 30.3 Å². The van der Waals surface area contributed by atoms with Crippen molar-refractivity contribution in [3.63, 3.8) is 0 Å². The number of carbonyl (C=O) groups is 2. The van der Waals surface area contributed by atoms with Gasteiger partial charge in [-0.1, -0.05) is 11.6 Å². The highest BCUT2D eigenvalue weighted by molar-refractivity contribution is 6.31. The fraction of sp³-hybridized carbons (Fsp3) is 0.185. The molecule has 11 heteroatoms. The van der Waals surface area contributed by atoms with Crippen LogP contribution < -0.4 is 16.0 Å². The summed E-state index contributed by atoms with van der Waals surface area (Å²) < 4.78 is 15.7. The minimum Gasteiger partial charge on any atom is -0.481 e. The maximum absolute atomic E-state index is 13.7. The Kier molecular flexibility index (Phi) is 7.92. The van der Waals surface area contributed by atoms with E-state index in [-0.39, 0.29) is 23.8 Å². The quantitative estimate of drug-likeness (QED) is 0.169. The number of amidine groups is 1. The number of hydrogen-bond acceptors (Lipinski definition) is 5. The number of halogens is 2. The Morgan fingerprint density at radius 2 is 1.84 bits per heavy atom. The van der Waals surface area contributed by atoms with Crippen molar-refractivity contribution in [3.8, 4) is 0 Å². The van der Waals surface area contributed by atoms with Gasteiger partial charge in [-0.15, -0.1) is 0 Å². The molecule has 0 radical (unpaired) electrons. The summed E-state index contributed by atoms with van der Waals surface area (Å²) in [5, 5.41) is 19.8. The van der Waals surface area contributed by atoms with Gasteiger partial charge in [0.15, 0.2) is 0 Å². The Morgan fingerprint density at radius 3 is 2.47 bits per heavy atom. The Morgan fingerprint density at radius 1 is 1.13 bits per heavy atom. The zero-order valence-corrected chi connectivity index (χ0v) is 21.3. The lowest BCUT2D eigenvalue weighted by molar-refractivity contribution is -0.136. The second-order valence-corrected chi connectivity index (χ2v) is 8.93. The number of nitrogens with one attached hydrogen (secondary N) is 2. The predicted octanol–water partition coefficient (Wildman–Crippen LogP) is 4.87. The summed E-state index contributed by atoms with van der Waals surface area (Å²) in [4.78, 5) is 30.7. The van der Waals surface area contributed by atoms with Crippen LogP contribution in [-0.2, 0) is 17.9 Å². The largest absolute Gasteiger partial charge is 0.481 e. The van der Waals surface area contributed by atoms with E-state index in [0.29, 0.717) is 35.4 Å². The highest BCUT2D eigenvalue weighted by atomic mass is 35.5. The molecule has 1 aromatic heterocycles. The van der Waals surface area contributed by atoms with Crippen LogP contribution in [0.25, 0.3) is 11.0 Å². The molecule has 196 valence electrons. The van der Waals surface area contributed by atoms with Crippen LogP contribution in [0, 0.1) is 11.2 Å². The number of carboxylic acid groups (broad SMARTS) is 1. The number of nitrogen functional groups attached to an aromatic ring is 1. The number of carboxylic acids is 1. The number of aryl methyl sites for hydroxylation is 1. The molecule has 0 bridgehead atoms. The van der Waals surface area contributed by atoms with E-state index in [4.69, 9.17) is 27.7 Å². The van der Waals surface area contributed by atoms with Crippen molar-refractivity contribution in [2.24, 2.45) is 5.73 Å². The summed E-state index contributed by atoms with van der Waals surface area (Å²) >= 11 is 5.92. The summed E-state index contributed by atoms with van der Waals surface area (Å²) in [6.45, 7) is 2.96. The van der Waals surface area contributed by atoms with Gasteiger partial charge in [0.2, 0.25) is 0 Å². The first-order valence-electron chi connectivity index (χ1n) is 11.8. The normalized spacial score (nSPS) is 10.9. The van der Waals surface area contributed by atoms with Crippen LogP contribution >= 0.6 is 11.6 Å². The molecule has 0 saturated heterocycles. The maximum Gasteiger partial charge on any atom is 0.305 e. The maximum atomic E-state index is 13.7. The molecule has 0 aliphatic heterocycles.